The van der Waals surface area contributed by atoms with Gasteiger partial charge in [0.2, 0.25) is 0 Å². The molecule has 3 heterocycles. The lowest BCUT2D eigenvalue weighted by atomic mass is 9.87. The van der Waals surface area contributed by atoms with Gasteiger partial charge in [-0.2, -0.15) is 0 Å². The molecule has 0 amide bonds. The van der Waals surface area contributed by atoms with Crippen LogP contribution in [0.25, 0.3) is 10.1 Å². The summed E-state index contributed by atoms with van der Waals surface area (Å²) in [6.45, 7) is 3.11. The summed E-state index contributed by atoms with van der Waals surface area (Å²) >= 11 is 7.95. The highest BCUT2D eigenvalue weighted by atomic mass is 35.5. The van der Waals surface area contributed by atoms with Gasteiger partial charge in [0.25, 0.3) is 0 Å². The van der Waals surface area contributed by atoms with E-state index in [1.165, 1.54) is 15.6 Å². The number of allylic oxidation sites excluding steroid dienone is 1. The van der Waals surface area contributed by atoms with Crippen LogP contribution in [0, 0.1) is 11.1 Å². The number of fused-ring (bicyclic) bond motifs is 1. The first kappa shape index (κ1) is 16.1. The normalized spacial score (nSPS) is 22.9. The zero-order valence-electron chi connectivity index (χ0n) is 13.5. The predicted molar refractivity (Wildman–Crippen MR) is 102 cm³/mol. The van der Waals surface area contributed by atoms with E-state index in [1.807, 2.05) is 12.1 Å². The second-order valence-corrected chi connectivity index (χ2v) is 8.10. The SMILES string of the molecule is [O-][N+]1=CC=CCC1C1CCN(Cc2csc3ccc(Cl)cc23)CC1. The molecule has 1 fully saturated rings. The summed E-state index contributed by atoms with van der Waals surface area (Å²) in [5, 5.41) is 16.3. The summed E-state index contributed by atoms with van der Waals surface area (Å²) in [6, 6.07) is 6.28. The number of hydrogen-bond acceptors (Lipinski definition) is 3. The highest BCUT2D eigenvalue weighted by molar-refractivity contribution is 7.17. The fourth-order valence-electron chi connectivity index (χ4n) is 3.89. The number of piperidine rings is 1. The molecule has 1 atom stereocenters. The zero-order valence-corrected chi connectivity index (χ0v) is 15.1. The topological polar surface area (TPSA) is 29.3 Å². The summed E-state index contributed by atoms with van der Waals surface area (Å²) in [7, 11) is 0. The lowest BCUT2D eigenvalue weighted by Gasteiger charge is -2.35. The van der Waals surface area contributed by atoms with Crippen molar-refractivity contribution < 1.29 is 4.74 Å². The molecule has 0 bridgehead atoms. The standard InChI is InChI=1S/C19H21ClN2OS/c20-16-4-5-19-17(11-16)15(13-24-19)12-21-9-6-14(7-10-21)18-3-1-2-8-22(18)23/h1-2,4-5,8,11,13-14,18H,3,6-7,9-10,12H2. The van der Waals surface area contributed by atoms with Crippen molar-refractivity contribution in [1.82, 2.24) is 4.90 Å². The van der Waals surface area contributed by atoms with Gasteiger partial charge in [-0.05, 0) is 66.5 Å². The maximum absolute atomic E-state index is 12.0. The average molecular weight is 361 g/mol. The fraction of sp³-hybridized carbons (Fsp3) is 0.421. The Kier molecular flexibility index (Phi) is 4.61. The van der Waals surface area contributed by atoms with E-state index in [1.54, 1.807) is 17.6 Å². The van der Waals surface area contributed by atoms with E-state index in [0.29, 0.717) is 5.92 Å². The largest absolute Gasteiger partial charge is 0.624 e. The smallest absolute Gasteiger partial charge is 0.174 e. The van der Waals surface area contributed by atoms with Crippen molar-refractivity contribution in [2.24, 2.45) is 5.92 Å². The minimum Gasteiger partial charge on any atom is -0.624 e. The molecule has 1 aromatic heterocycles. The Bertz CT molecular complexity index is 790. The van der Waals surface area contributed by atoms with E-state index in [4.69, 9.17) is 11.6 Å². The quantitative estimate of drug-likeness (QED) is 0.587. The van der Waals surface area contributed by atoms with Gasteiger partial charge in [-0.25, -0.2) is 4.74 Å². The average Bonchev–Trinajstić information content (AvgIpc) is 2.98. The van der Waals surface area contributed by atoms with Crippen molar-refractivity contribution >= 4 is 39.2 Å². The number of halogens is 1. The van der Waals surface area contributed by atoms with Gasteiger partial charge in [0.05, 0.1) is 0 Å². The van der Waals surface area contributed by atoms with Crippen LogP contribution < -0.4 is 0 Å². The molecule has 2 aliphatic heterocycles. The third kappa shape index (κ3) is 3.23. The van der Waals surface area contributed by atoms with Crippen LogP contribution >= 0.6 is 22.9 Å². The van der Waals surface area contributed by atoms with Gasteiger partial charge in [0, 0.05) is 28.6 Å². The lowest BCUT2D eigenvalue weighted by molar-refractivity contribution is -0.508. The lowest BCUT2D eigenvalue weighted by Crippen LogP contribution is -2.41. The number of hydroxylamine groups is 1. The van der Waals surface area contributed by atoms with Crippen LogP contribution in [0.3, 0.4) is 0 Å². The summed E-state index contributed by atoms with van der Waals surface area (Å²) < 4.78 is 2.46. The maximum atomic E-state index is 12.0. The number of benzene rings is 1. The molecule has 1 saturated heterocycles. The molecule has 5 heteroatoms. The van der Waals surface area contributed by atoms with Gasteiger partial charge in [-0.15, -0.1) is 11.3 Å². The first-order valence-corrected chi connectivity index (χ1v) is 9.80. The molecule has 1 unspecified atom stereocenters. The predicted octanol–water partition coefficient (Wildman–Crippen LogP) is 4.68. The highest BCUT2D eigenvalue weighted by Gasteiger charge is 2.31. The van der Waals surface area contributed by atoms with Gasteiger partial charge >= 0.3 is 0 Å². The number of thiophene rings is 1. The Balaban J connectivity index is 1.40. The maximum Gasteiger partial charge on any atom is 0.174 e. The molecule has 1 aromatic carbocycles. The molecule has 0 saturated carbocycles. The van der Waals surface area contributed by atoms with E-state index < -0.39 is 0 Å². The Morgan fingerprint density at radius 2 is 2.12 bits per heavy atom. The van der Waals surface area contributed by atoms with Crippen LogP contribution in [0.1, 0.15) is 24.8 Å². The molecule has 0 N–H and O–H groups in total. The summed E-state index contributed by atoms with van der Waals surface area (Å²) in [5.74, 6) is 0.508. The first-order chi connectivity index (χ1) is 11.7. The van der Waals surface area contributed by atoms with E-state index in [9.17, 15) is 5.21 Å². The Labute approximate surface area is 151 Å². The van der Waals surface area contributed by atoms with Gasteiger partial charge in [0.15, 0.2) is 12.3 Å². The van der Waals surface area contributed by atoms with Crippen molar-refractivity contribution in [3.8, 4) is 0 Å². The Morgan fingerprint density at radius 3 is 2.92 bits per heavy atom. The van der Waals surface area contributed by atoms with Crippen LogP contribution in [0.4, 0.5) is 0 Å². The molecule has 2 aliphatic rings. The minimum absolute atomic E-state index is 0.137. The molecule has 0 aliphatic carbocycles. The van der Waals surface area contributed by atoms with Crippen molar-refractivity contribution in [3.63, 3.8) is 0 Å². The molecule has 126 valence electrons. The monoisotopic (exact) mass is 360 g/mol. The number of rotatable bonds is 3. The molecule has 0 radical (unpaired) electrons. The van der Waals surface area contributed by atoms with E-state index in [-0.39, 0.29) is 6.04 Å². The van der Waals surface area contributed by atoms with Gasteiger partial charge in [0.1, 0.15) is 0 Å². The van der Waals surface area contributed by atoms with E-state index in [2.05, 4.69) is 28.5 Å². The van der Waals surface area contributed by atoms with Crippen LogP contribution in [0.2, 0.25) is 5.02 Å². The highest BCUT2D eigenvalue weighted by Crippen LogP contribution is 2.31. The van der Waals surface area contributed by atoms with Gasteiger partial charge in [-0.3, -0.25) is 4.90 Å². The third-order valence-electron chi connectivity index (χ3n) is 5.26. The molecule has 0 spiro atoms. The second kappa shape index (κ2) is 6.87. The summed E-state index contributed by atoms with van der Waals surface area (Å²) in [4.78, 5) is 2.51. The summed E-state index contributed by atoms with van der Waals surface area (Å²) in [6.07, 6.45) is 8.75. The van der Waals surface area contributed by atoms with Gasteiger partial charge < -0.3 is 5.21 Å². The molecule has 4 rings (SSSR count). The van der Waals surface area contributed by atoms with Crippen LogP contribution in [0.15, 0.2) is 35.7 Å². The minimum atomic E-state index is 0.137. The van der Waals surface area contributed by atoms with E-state index >= 15 is 0 Å². The number of likely N-dealkylation sites (tertiary alicyclic amines) is 1. The molecular weight excluding hydrogens is 340 g/mol. The van der Waals surface area contributed by atoms with Crippen LogP contribution in [-0.2, 0) is 6.54 Å². The van der Waals surface area contributed by atoms with Crippen LogP contribution in [-0.4, -0.2) is 35.0 Å². The van der Waals surface area contributed by atoms with Crippen molar-refractivity contribution in [3.05, 3.63) is 51.5 Å². The Morgan fingerprint density at radius 1 is 1.29 bits per heavy atom. The first-order valence-electron chi connectivity index (χ1n) is 8.54. The summed E-state index contributed by atoms with van der Waals surface area (Å²) in [5.41, 5.74) is 1.37. The molecular formula is C19H21ClN2OS. The number of hydrogen-bond donors (Lipinski definition) is 0. The third-order valence-corrected chi connectivity index (χ3v) is 6.51. The van der Waals surface area contributed by atoms with Crippen molar-refractivity contribution in [1.29, 1.82) is 0 Å². The van der Waals surface area contributed by atoms with E-state index in [0.717, 1.165) is 48.7 Å². The number of nitrogens with zero attached hydrogens (tertiary/aromatic N) is 2. The van der Waals surface area contributed by atoms with Crippen LogP contribution in [0.5, 0.6) is 0 Å². The van der Waals surface area contributed by atoms with Crippen molar-refractivity contribution in [2.45, 2.75) is 31.8 Å². The fourth-order valence-corrected chi connectivity index (χ4v) is 5.00. The van der Waals surface area contributed by atoms with Crippen molar-refractivity contribution in [2.75, 3.05) is 13.1 Å². The molecule has 3 nitrogen and oxygen atoms in total. The zero-order chi connectivity index (χ0) is 16.5. The Hall–Kier alpha value is -1.36. The second-order valence-electron chi connectivity index (χ2n) is 6.76. The molecule has 2 aromatic rings. The molecule has 24 heavy (non-hydrogen) atoms. The van der Waals surface area contributed by atoms with Gasteiger partial charge in [-0.1, -0.05) is 17.7 Å².